The molecule has 2 aliphatic carbocycles. The molecule has 0 aromatic carbocycles. The summed E-state index contributed by atoms with van der Waals surface area (Å²) in [5.74, 6) is -0.957. The van der Waals surface area contributed by atoms with Gasteiger partial charge in [-0.3, -0.25) is 4.79 Å². The van der Waals surface area contributed by atoms with Crippen molar-refractivity contribution in [2.75, 3.05) is 0 Å². The third kappa shape index (κ3) is 3.68. The smallest absolute Gasteiger partial charge is 0.331 e. The molecule has 0 radical (unpaired) electrons. The maximum atomic E-state index is 11.8. The van der Waals surface area contributed by atoms with Crippen LogP contribution in [0.15, 0.2) is 11.6 Å². The molecular weight excluding hydrogens is 304 g/mol. The molecule has 1 fully saturated rings. The Morgan fingerprint density at radius 1 is 1.25 bits per heavy atom. The van der Waals surface area contributed by atoms with Crippen molar-refractivity contribution in [2.24, 2.45) is 28.6 Å². The first-order valence-corrected chi connectivity index (χ1v) is 9.23. The van der Waals surface area contributed by atoms with Crippen LogP contribution in [0.3, 0.4) is 0 Å². The van der Waals surface area contributed by atoms with E-state index in [2.05, 4.69) is 20.8 Å². The average molecular weight is 336 g/mol. The van der Waals surface area contributed by atoms with Crippen LogP contribution in [0.2, 0.25) is 0 Å². The van der Waals surface area contributed by atoms with Gasteiger partial charge in [-0.15, -0.1) is 0 Å². The first-order valence-electron chi connectivity index (χ1n) is 9.23. The van der Waals surface area contributed by atoms with Gasteiger partial charge in [-0.1, -0.05) is 40.2 Å². The van der Waals surface area contributed by atoms with E-state index in [1.165, 1.54) is 6.42 Å². The van der Waals surface area contributed by atoms with Crippen molar-refractivity contribution >= 4 is 11.9 Å². The van der Waals surface area contributed by atoms with Crippen LogP contribution in [0, 0.1) is 28.6 Å². The topological polar surface area (TPSA) is 74.6 Å². The number of rotatable bonds is 6. The van der Waals surface area contributed by atoms with Gasteiger partial charge in [-0.05, 0) is 60.7 Å². The van der Waals surface area contributed by atoms with E-state index in [4.69, 9.17) is 5.11 Å². The Kier molecular flexibility index (Phi) is 5.46. The first-order chi connectivity index (χ1) is 11.1. The lowest BCUT2D eigenvalue weighted by atomic mass is 9.48. The fourth-order valence-electron chi connectivity index (χ4n) is 5.49. The van der Waals surface area contributed by atoms with Crippen molar-refractivity contribution in [3.05, 3.63) is 11.6 Å². The highest BCUT2D eigenvalue weighted by molar-refractivity contribution is 5.87. The Morgan fingerprint density at radius 2 is 1.92 bits per heavy atom. The molecular formula is C20H32O4. The van der Waals surface area contributed by atoms with E-state index in [1.54, 1.807) is 0 Å². The number of hydrogen-bond acceptors (Lipinski definition) is 2. The molecule has 4 nitrogen and oxygen atoms in total. The third-order valence-corrected chi connectivity index (χ3v) is 6.74. The van der Waals surface area contributed by atoms with E-state index in [1.807, 2.05) is 13.0 Å². The summed E-state index contributed by atoms with van der Waals surface area (Å²) in [6.07, 6.45) is 7.93. The molecule has 0 spiro atoms. The Labute approximate surface area is 145 Å². The molecule has 2 rings (SSSR count). The molecule has 4 atom stereocenters. The Morgan fingerprint density at radius 3 is 2.50 bits per heavy atom. The molecule has 0 bridgehead atoms. The molecule has 1 saturated carbocycles. The molecule has 0 aliphatic heterocycles. The highest BCUT2D eigenvalue weighted by Gasteiger charge is 2.53. The molecule has 136 valence electrons. The first kappa shape index (κ1) is 19.0. The van der Waals surface area contributed by atoms with Crippen LogP contribution in [-0.2, 0) is 9.59 Å². The van der Waals surface area contributed by atoms with E-state index >= 15 is 0 Å². The lowest BCUT2D eigenvalue weighted by Crippen LogP contribution is -2.49. The van der Waals surface area contributed by atoms with Crippen molar-refractivity contribution in [1.82, 2.24) is 0 Å². The molecule has 0 aromatic heterocycles. The molecule has 0 heterocycles. The minimum Gasteiger partial charge on any atom is -0.481 e. The molecule has 0 amide bonds. The van der Waals surface area contributed by atoms with Gasteiger partial charge in [0.1, 0.15) is 0 Å². The maximum absolute atomic E-state index is 11.8. The predicted molar refractivity (Wildman–Crippen MR) is 93.7 cm³/mol. The van der Waals surface area contributed by atoms with Crippen LogP contribution < -0.4 is 0 Å². The normalized spacial score (nSPS) is 33.2. The quantitative estimate of drug-likeness (QED) is 0.734. The summed E-state index contributed by atoms with van der Waals surface area (Å²) in [5, 5.41) is 18.7. The monoisotopic (exact) mass is 336 g/mol. The summed E-state index contributed by atoms with van der Waals surface area (Å²) in [4.78, 5) is 22.7. The third-order valence-electron chi connectivity index (χ3n) is 6.74. The lowest BCUT2D eigenvalue weighted by Gasteiger charge is -2.56. The molecule has 0 aromatic rings. The predicted octanol–water partition coefficient (Wildman–Crippen LogP) is 4.74. The van der Waals surface area contributed by atoms with Crippen LogP contribution in [0.1, 0.15) is 72.6 Å². The zero-order chi connectivity index (χ0) is 18.1. The summed E-state index contributed by atoms with van der Waals surface area (Å²) in [5.41, 5.74) is 0.806. The van der Waals surface area contributed by atoms with Crippen molar-refractivity contribution in [3.63, 3.8) is 0 Å². The lowest BCUT2D eigenvalue weighted by molar-refractivity contribution is -0.138. The van der Waals surface area contributed by atoms with Gasteiger partial charge < -0.3 is 10.2 Å². The number of aliphatic carboxylic acids is 2. The minimum absolute atomic E-state index is 0.00711. The molecule has 4 heteroatoms. The SMILES string of the molecule is C[C@H](CC[C@H]1C(C(=O)O)=CC[C@H]2C(C)(C)CCC[C@]12C)CC(=O)O. The number of carbonyl (C=O) groups is 2. The van der Waals surface area contributed by atoms with Crippen molar-refractivity contribution in [2.45, 2.75) is 72.6 Å². The largest absolute Gasteiger partial charge is 0.481 e. The van der Waals surface area contributed by atoms with Crippen molar-refractivity contribution in [3.8, 4) is 0 Å². The number of fused-ring (bicyclic) bond motifs is 1. The second-order valence-electron chi connectivity index (χ2n) is 8.93. The van der Waals surface area contributed by atoms with Gasteiger partial charge in [-0.2, -0.15) is 0 Å². The molecule has 0 unspecified atom stereocenters. The highest BCUT2D eigenvalue weighted by atomic mass is 16.4. The van der Waals surface area contributed by atoms with Crippen molar-refractivity contribution < 1.29 is 19.8 Å². The molecule has 2 aliphatic rings. The van der Waals surface area contributed by atoms with Gasteiger partial charge in [0.05, 0.1) is 0 Å². The van der Waals surface area contributed by atoms with Gasteiger partial charge in [0.25, 0.3) is 0 Å². The molecule has 2 N–H and O–H groups in total. The standard InChI is InChI=1S/C20H32O4/c1-13(12-17(21)22)6-8-15-14(18(23)24)7-9-16-19(2,3)10-5-11-20(15,16)4/h7,13,15-16H,5-6,8-12H2,1-4H3,(H,21,22)(H,23,24)/t13-,15+,16+,20-/m1/s1. The summed E-state index contributed by atoms with van der Waals surface area (Å²) in [7, 11) is 0. The van der Waals surface area contributed by atoms with E-state index < -0.39 is 11.9 Å². The summed E-state index contributed by atoms with van der Waals surface area (Å²) in [6, 6.07) is 0. The van der Waals surface area contributed by atoms with Gasteiger partial charge in [0.15, 0.2) is 0 Å². The summed E-state index contributed by atoms with van der Waals surface area (Å²) >= 11 is 0. The number of hydrogen-bond donors (Lipinski definition) is 2. The van der Waals surface area contributed by atoms with E-state index in [0.717, 1.165) is 32.1 Å². The second-order valence-corrected chi connectivity index (χ2v) is 8.93. The Bertz CT molecular complexity index is 534. The molecule has 0 saturated heterocycles. The van der Waals surface area contributed by atoms with Gasteiger partial charge in [-0.25, -0.2) is 4.79 Å². The van der Waals surface area contributed by atoms with Crippen molar-refractivity contribution in [1.29, 1.82) is 0 Å². The average Bonchev–Trinajstić information content (AvgIpc) is 2.43. The van der Waals surface area contributed by atoms with Gasteiger partial charge in [0.2, 0.25) is 0 Å². The van der Waals surface area contributed by atoms with Gasteiger partial charge >= 0.3 is 11.9 Å². The highest BCUT2D eigenvalue weighted by Crippen LogP contribution is 2.60. The fourth-order valence-corrected chi connectivity index (χ4v) is 5.49. The summed E-state index contributed by atoms with van der Waals surface area (Å²) in [6.45, 7) is 8.87. The number of carboxylic acid groups (broad SMARTS) is 2. The van der Waals surface area contributed by atoms with Crippen LogP contribution >= 0.6 is 0 Å². The van der Waals surface area contributed by atoms with Gasteiger partial charge in [0, 0.05) is 12.0 Å². The molecule has 24 heavy (non-hydrogen) atoms. The van der Waals surface area contributed by atoms with E-state index in [9.17, 15) is 14.7 Å². The zero-order valence-electron chi connectivity index (χ0n) is 15.5. The Hall–Kier alpha value is -1.32. The van der Waals surface area contributed by atoms with Crippen LogP contribution in [0.5, 0.6) is 0 Å². The van der Waals surface area contributed by atoms with Crippen LogP contribution in [0.4, 0.5) is 0 Å². The van der Waals surface area contributed by atoms with Crippen LogP contribution in [-0.4, -0.2) is 22.2 Å². The maximum Gasteiger partial charge on any atom is 0.331 e. The van der Waals surface area contributed by atoms with E-state index in [-0.39, 0.29) is 29.1 Å². The second kappa shape index (κ2) is 6.89. The number of allylic oxidation sites excluding steroid dienone is 1. The Balaban J connectivity index is 2.25. The van der Waals surface area contributed by atoms with Crippen LogP contribution in [0.25, 0.3) is 0 Å². The summed E-state index contributed by atoms with van der Waals surface area (Å²) < 4.78 is 0. The minimum atomic E-state index is -0.797. The van der Waals surface area contributed by atoms with E-state index in [0.29, 0.717) is 11.5 Å². The fraction of sp³-hybridized carbons (Fsp3) is 0.800. The number of carboxylic acids is 2. The zero-order valence-corrected chi connectivity index (χ0v) is 15.5.